The number of ether oxygens (including phenoxy) is 1. The molecule has 1 saturated carbocycles. The minimum absolute atomic E-state index is 0.0190. The zero-order valence-corrected chi connectivity index (χ0v) is 14.9. The van der Waals surface area contributed by atoms with E-state index in [1.807, 2.05) is 24.3 Å². The first-order valence-electron chi connectivity index (χ1n) is 9.14. The highest BCUT2D eigenvalue weighted by atomic mass is 16.5. The predicted molar refractivity (Wildman–Crippen MR) is 93.9 cm³/mol. The third-order valence-electron chi connectivity index (χ3n) is 5.66. The number of fused-ring (bicyclic) bond motifs is 1. The lowest BCUT2D eigenvalue weighted by molar-refractivity contribution is -0.156. The van der Waals surface area contributed by atoms with E-state index in [4.69, 9.17) is 4.74 Å². The van der Waals surface area contributed by atoms with Gasteiger partial charge in [0.05, 0.1) is 6.04 Å². The van der Waals surface area contributed by atoms with E-state index in [1.54, 1.807) is 0 Å². The van der Waals surface area contributed by atoms with Crippen LogP contribution in [0.25, 0.3) is 0 Å². The van der Waals surface area contributed by atoms with Crippen LogP contribution in [0.15, 0.2) is 24.3 Å². The van der Waals surface area contributed by atoms with Gasteiger partial charge >= 0.3 is 0 Å². The quantitative estimate of drug-likeness (QED) is 0.895. The molecule has 4 heteroatoms. The van der Waals surface area contributed by atoms with E-state index in [-0.39, 0.29) is 23.8 Å². The second-order valence-corrected chi connectivity index (χ2v) is 7.95. The van der Waals surface area contributed by atoms with Crippen molar-refractivity contribution < 1.29 is 14.6 Å². The Morgan fingerprint density at radius 2 is 2.08 bits per heavy atom. The minimum atomic E-state index is -1.26. The number of hydrogen-bond donors (Lipinski definition) is 2. The third-order valence-corrected chi connectivity index (χ3v) is 5.66. The van der Waals surface area contributed by atoms with Gasteiger partial charge in [0.15, 0.2) is 0 Å². The summed E-state index contributed by atoms with van der Waals surface area (Å²) < 4.78 is 5.76. The van der Waals surface area contributed by atoms with Gasteiger partial charge in [0.1, 0.15) is 18.0 Å². The van der Waals surface area contributed by atoms with Crippen LogP contribution in [0.3, 0.4) is 0 Å². The average molecular weight is 331 g/mol. The molecule has 4 nitrogen and oxygen atoms in total. The summed E-state index contributed by atoms with van der Waals surface area (Å²) in [5.74, 6) is 1.36. The van der Waals surface area contributed by atoms with E-state index < -0.39 is 5.60 Å². The number of benzene rings is 1. The molecule has 1 aliphatic carbocycles. The lowest BCUT2D eigenvalue weighted by Gasteiger charge is -2.44. The van der Waals surface area contributed by atoms with Gasteiger partial charge in [-0.15, -0.1) is 0 Å². The standard InChI is InChI=1S/C20H29NO3/c1-13(2)17-9-8-14(3)11-20(17,23)19(22)21-16-10-15-6-4-5-7-18(15)24-12-16/h4-7,13-14,16-17,23H,8-12H2,1-3H3,(H,21,22)/t14-,16-,17+,20+/m1/s1. The number of carbonyl (C=O) groups is 1. The van der Waals surface area contributed by atoms with E-state index in [9.17, 15) is 9.90 Å². The molecule has 0 unspecified atom stereocenters. The second kappa shape index (κ2) is 6.75. The van der Waals surface area contributed by atoms with Crippen molar-refractivity contribution in [2.24, 2.45) is 17.8 Å². The number of aliphatic hydroxyl groups is 1. The van der Waals surface area contributed by atoms with Gasteiger partial charge < -0.3 is 15.2 Å². The van der Waals surface area contributed by atoms with Gasteiger partial charge in [0, 0.05) is 0 Å². The van der Waals surface area contributed by atoms with Crippen molar-refractivity contribution in [2.45, 2.75) is 58.1 Å². The molecule has 24 heavy (non-hydrogen) atoms. The molecule has 0 aromatic heterocycles. The summed E-state index contributed by atoms with van der Waals surface area (Å²) in [6.45, 7) is 6.77. The van der Waals surface area contributed by atoms with Crippen LogP contribution in [0.4, 0.5) is 0 Å². The molecule has 1 heterocycles. The minimum Gasteiger partial charge on any atom is -0.491 e. The topological polar surface area (TPSA) is 58.6 Å². The summed E-state index contributed by atoms with van der Waals surface area (Å²) >= 11 is 0. The van der Waals surface area contributed by atoms with Gasteiger partial charge in [0.2, 0.25) is 0 Å². The summed E-state index contributed by atoms with van der Waals surface area (Å²) in [4.78, 5) is 12.9. The largest absolute Gasteiger partial charge is 0.491 e. The number of carbonyl (C=O) groups excluding carboxylic acids is 1. The normalized spacial score (nSPS) is 32.8. The zero-order valence-electron chi connectivity index (χ0n) is 14.9. The number of nitrogens with one attached hydrogen (secondary N) is 1. The van der Waals surface area contributed by atoms with Gasteiger partial charge in [-0.2, -0.15) is 0 Å². The van der Waals surface area contributed by atoms with Gasteiger partial charge in [-0.1, -0.05) is 45.4 Å². The summed E-state index contributed by atoms with van der Waals surface area (Å²) in [7, 11) is 0. The third kappa shape index (κ3) is 3.30. The van der Waals surface area contributed by atoms with Crippen LogP contribution in [0, 0.1) is 17.8 Å². The van der Waals surface area contributed by atoms with Crippen LogP contribution >= 0.6 is 0 Å². The lowest BCUT2D eigenvalue weighted by Crippen LogP contribution is -2.59. The predicted octanol–water partition coefficient (Wildman–Crippen LogP) is 2.93. The maximum atomic E-state index is 12.9. The van der Waals surface area contributed by atoms with Gasteiger partial charge in [0.25, 0.3) is 5.91 Å². The van der Waals surface area contributed by atoms with Crippen LogP contribution in [-0.4, -0.2) is 29.3 Å². The monoisotopic (exact) mass is 331 g/mol. The highest BCUT2D eigenvalue weighted by Crippen LogP contribution is 2.41. The molecule has 0 bridgehead atoms. The molecule has 3 rings (SSSR count). The highest BCUT2D eigenvalue weighted by Gasteiger charge is 2.48. The van der Waals surface area contributed by atoms with E-state index in [0.29, 0.717) is 18.9 Å². The molecular formula is C20H29NO3. The summed E-state index contributed by atoms with van der Waals surface area (Å²) in [5.41, 5.74) is -0.151. The van der Waals surface area contributed by atoms with Gasteiger partial charge in [-0.25, -0.2) is 0 Å². The fraction of sp³-hybridized carbons (Fsp3) is 0.650. The summed E-state index contributed by atoms with van der Waals surface area (Å²) in [5, 5.41) is 14.3. The molecule has 4 atom stereocenters. The Morgan fingerprint density at radius 1 is 1.33 bits per heavy atom. The van der Waals surface area contributed by atoms with Crippen LogP contribution in [-0.2, 0) is 11.2 Å². The van der Waals surface area contributed by atoms with Gasteiger partial charge in [-0.3, -0.25) is 4.79 Å². The summed E-state index contributed by atoms with van der Waals surface area (Å²) in [6, 6.07) is 7.84. The molecule has 132 valence electrons. The van der Waals surface area contributed by atoms with Crippen LogP contribution in [0.5, 0.6) is 5.75 Å². The first kappa shape index (κ1) is 17.3. The SMILES string of the molecule is CC(C)[C@@H]1CC[C@@H](C)C[C@@]1(O)C(=O)N[C@H]1COc2ccccc2C1. The van der Waals surface area contributed by atoms with Crippen LogP contribution < -0.4 is 10.1 Å². The van der Waals surface area contributed by atoms with Crippen molar-refractivity contribution in [1.82, 2.24) is 5.32 Å². The molecule has 1 aliphatic heterocycles. The van der Waals surface area contributed by atoms with Crippen molar-refractivity contribution in [2.75, 3.05) is 6.61 Å². The highest BCUT2D eigenvalue weighted by molar-refractivity contribution is 5.85. The van der Waals surface area contributed by atoms with Crippen LogP contribution in [0.1, 0.15) is 45.6 Å². The van der Waals surface area contributed by atoms with E-state index in [2.05, 4.69) is 26.1 Å². The van der Waals surface area contributed by atoms with Gasteiger partial charge in [-0.05, 0) is 48.6 Å². The molecule has 0 radical (unpaired) electrons. The Labute approximate surface area is 144 Å². The summed E-state index contributed by atoms with van der Waals surface area (Å²) in [6.07, 6.45) is 3.29. The lowest BCUT2D eigenvalue weighted by atomic mass is 9.66. The fourth-order valence-electron chi connectivity index (χ4n) is 4.36. The molecule has 1 aromatic rings. The molecule has 1 aromatic carbocycles. The van der Waals surface area contributed by atoms with Crippen molar-refractivity contribution in [3.63, 3.8) is 0 Å². The number of para-hydroxylation sites is 1. The maximum absolute atomic E-state index is 12.9. The van der Waals surface area contributed by atoms with Crippen molar-refractivity contribution >= 4 is 5.91 Å². The Bertz CT molecular complexity index is 600. The van der Waals surface area contributed by atoms with E-state index >= 15 is 0 Å². The Balaban J connectivity index is 1.71. The number of hydrogen-bond acceptors (Lipinski definition) is 3. The van der Waals surface area contributed by atoms with E-state index in [1.165, 1.54) is 0 Å². The number of rotatable bonds is 3. The average Bonchev–Trinajstić information content (AvgIpc) is 2.54. The first-order chi connectivity index (χ1) is 11.4. The fourth-order valence-corrected chi connectivity index (χ4v) is 4.36. The maximum Gasteiger partial charge on any atom is 0.252 e. The Kier molecular flexibility index (Phi) is 4.86. The molecule has 0 saturated heterocycles. The molecule has 2 aliphatic rings. The molecular weight excluding hydrogens is 302 g/mol. The Hall–Kier alpha value is -1.55. The van der Waals surface area contributed by atoms with Crippen molar-refractivity contribution in [3.8, 4) is 5.75 Å². The number of amides is 1. The second-order valence-electron chi connectivity index (χ2n) is 7.95. The Morgan fingerprint density at radius 3 is 2.83 bits per heavy atom. The zero-order chi connectivity index (χ0) is 17.3. The molecule has 1 fully saturated rings. The van der Waals surface area contributed by atoms with Crippen molar-refractivity contribution in [1.29, 1.82) is 0 Å². The molecule has 2 N–H and O–H groups in total. The van der Waals surface area contributed by atoms with Crippen molar-refractivity contribution in [3.05, 3.63) is 29.8 Å². The smallest absolute Gasteiger partial charge is 0.252 e. The first-order valence-corrected chi connectivity index (χ1v) is 9.14. The molecule has 0 spiro atoms. The van der Waals surface area contributed by atoms with Crippen LogP contribution in [0.2, 0.25) is 0 Å². The van der Waals surface area contributed by atoms with E-state index in [0.717, 1.165) is 30.6 Å². The molecule has 1 amide bonds.